The number of benzene rings is 1. The lowest BCUT2D eigenvalue weighted by atomic mass is 10.0. The molecule has 0 saturated carbocycles. The van der Waals surface area contributed by atoms with Gasteiger partial charge in [0.05, 0.1) is 19.0 Å². The second-order valence-electron chi connectivity index (χ2n) is 6.20. The van der Waals surface area contributed by atoms with Gasteiger partial charge in [-0.15, -0.1) is 0 Å². The molecule has 5 heteroatoms. The van der Waals surface area contributed by atoms with E-state index in [4.69, 9.17) is 4.74 Å². The molecule has 0 N–H and O–H groups in total. The van der Waals surface area contributed by atoms with E-state index in [2.05, 4.69) is 15.6 Å². The Morgan fingerprint density at radius 3 is 2.96 bits per heavy atom. The highest BCUT2D eigenvalue weighted by Crippen LogP contribution is 2.37. The van der Waals surface area contributed by atoms with Gasteiger partial charge in [-0.2, -0.15) is 0 Å². The first-order valence-corrected chi connectivity index (χ1v) is 8.31. The van der Waals surface area contributed by atoms with Crippen molar-refractivity contribution < 1.29 is 9.53 Å². The number of methoxy groups -OCH3 is 1. The molecular formula is C18H21N3O2. The fourth-order valence-corrected chi connectivity index (χ4v) is 3.71. The Morgan fingerprint density at radius 2 is 2.09 bits per heavy atom. The van der Waals surface area contributed by atoms with Crippen molar-refractivity contribution in [2.24, 2.45) is 0 Å². The lowest BCUT2D eigenvalue weighted by Gasteiger charge is -2.31. The molecule has 0 unspecified atom stereocenters. The zero-order valence-electron chi connectivity index (χ0n) is 13.4. The Bertz CT molecular complexity index is 736. The average molecular weight is 311 g/mol. The molecular weight excluding hydrogens is 290 g/mol. The minimum Gasteiger partial charge on any atom is -0.495 e. The molecule has 2 aromatic rings. The molecule has 0 bridgehead atoms. The number of para-hydroxylation sites is 1. The number of aromatic nitrogens is 2. The quantitative estimate of drug-likeness (QED) is 0.857. The second-order valence-corrected chi connectivity index (χ2v) is 6.20. The van der Waals surface area contributed by atoms with Crippen molar-refractivity contribution in [2.75, 3.05) is 18.6 Å². The number of imidazole rings is 1. The van der Waals surface area contributed by atoms with E-state index in [0.29, 0.717) is 5.69 Å². The van der Waals surface area contributed by atoms with Crippen molar-refractivity contribution >= 4 is 11.6 Å². The van der Waals surface area contributed by atoms with E-state index in [9.17, 15) is 4.79 Å². The third kappa shape index (κ3) is 2.31. The van der Waals surface area contributed by atoms with Crippen LogP contribution >= 0.6 is 0 Å². The number of ether oxygens (including phenoxy) is 1. The molecule has 0 fully saturated rings. The largest absolute Gasteiger partial charge is 0.495 e. The summed E-state index contributed by atoms with van der Waals surface area (Å²) in [4.78, 5) is 19.5. The minimum absolute atomic E-state index is 0.0381. The van der Waals surface area contributed by atoms with Crippen LogP contribution in [0.5, 0.6) is 5.75 Å². The van der Waals surface area contributed by atoms with Crippen LogP contribution in [0, 0.1) is 0 Å². The summed E-state index contributed by atoms with van der Waals surface area (Å²) in [6.07, 6.45) is 6.95. The number of carbonyl (C=O) groups is 1. The van der Waals surface area contributed by atoms with Gasteiger partial charge in [-0.1, -0.05) is 12.1 Å². The van der Waals surface area contributed by atoms with Gasteiger partial charge in [0.2, 0.25) is 0 Å². The zero-order valence-corrected chi connectivity index (χ0v) is 13.4. The smallest absolute Gasteiger partial charge is 0.276 e. The summed E-state index contributed by atoms with van der Waals surface area (Å²) < 4.78 is 7.60. The number of rotatable bonds is 2. The predicted molar refractivity (Wildman–Crippen MR) is 88.2 cm³/mol. The highest BCUT2D eigenvalue weighted by molar-refractivity contribution is 6.06. The summed E-state index contributed by atoms with van der Waals surface area (Å²) in [5, 5.41) is 0. The van der Waals surface area contributed by atoms with Crippen molar-refractivity contribution in [3.05, 3.63) is 41.5 Å². The lowest BCUT2D eigenvalue weighted by Crippen LogP contribution is -2.37. The summed E-state index contributed by atoms with van der Waals surface area (Å²) in [6.45, 7) is 1.62. The van der Waals surface area contributed by atoms with Crippen LogP contribution in [0.3, 0.4) is 0 Å². The third-order valence-corrected chi connectivity index (χ3v) is 4.83. The molecule has 5 nitrogen and oxygen atoms in total. The summed E-state index contributed by atoms with van der Waals surface area (Å²) in [6, 6.07) is 6.01. The van der Waals surface area contributed by atoms with Crippen LogP contribution in [0.4, 0.5) is 5.69 Å². The molecule has 3 heterocycles. The van der Waals surface area contributed by atoms with Gasteiger partial charge in [-0.25, -0.2) is 4.98 Å². The standard InChI is InChI=1S/C18H21N3O2/c1-23-15-8-4-6-13-7-5-11-21(17(13)15)18(22)14-12-19-16-9-2-3-10-20(14)16/h4,6,8,12H,2-3,5,7,9-11H2,1H3. The Kier molecular flexibility index (Phi) is 3.56. The summed E-state index contributed by atoms with van der Waals surface area (Å²) in [7, 11) is 1.66. The van der Waals surface area contributed by atoms with E-state index in [1.165, 1.54) is 5.56 Å². The lowest BCUT2D eigenvalue weighted by molar-refractivity contribution is 0.0974. The van der Waals surface area contributed by atoms with E-state index in [1.54, 1.807) is 13.3 Å². The zero-order chi connectivity index (χ0) is 15.8. The highest BCUT2D eigenvalue weighted by Gasteiger charge is 2.29. The van der Waals surface area contributed by atoms with Crippen molar-refractivity contribution in [1.82, 2.24) is 9.55 Å². The number of nitrogens with zero attached hydrogens (tertiary/aromatic N) is 3. The number of hydrogen-bond donors (Lipinski definition) is 0. The molecule has 2 aliphatic rings. The van der Waals surface area contributed by atoms with Gasteiger partial charge >= 0.3 is 0 Å². The normalized spacial score (nSPS) is 16.7. The number of carbonyl (C=O) groups excluding carboxylic acids is 1. The summed E-state index contributed by atoms with van der Waals surface area (Å²) >= 11 is 0. The molecule has 0 radical (unpaired) electrons. The van der Waals surface area contributed by atoms with Gasteiger partial charge in [0, 0.05) is 19.5 Å². The van der Waals surface area contributed by atoms with Crippen molar-refractivity contribution in [1.29, 1.82) is 0 Å². The first-order chi connectivity index (χ1) is 11.3. The van der Waals surface area contributed by atoms with Crippen LogP contribution in [-0.4, -0.2) is 29.1 Å². The molecule has 0 atom stereocenters. The first kappa shape index (κ1) is 14.3. The molecule has 23 heavy (non-hydrogen) atoms. The van der Waals surface area contributed by atoms with Crippen LogP contribution in [0.25, 0.3) is 0 Å². The fraction of sp³-hybridized carbons (Fsp3) is 0.444. The van der Waals surface area contributed by atoms with Crippen LogP contribution in [0.1, 0.15) is 41.1 Å². The van der Waals surface area contributed by atoms with Gasteiger partial charge < -0.3 is 14.2 Å². The number of anilines is 1. The highest BCUT2D eigenvalue weighted by atomic mass is 16.5. The van der Waals surface area contributed by atoms with Crippen LogP contribution in [-0.2, 0) is 19.4 Å². The molecule has 2 aliphatic heterocycles. The number of amides is 1. The molecule has 0 aliphatic carbocycles. The number of hydrogen-bond acceptors (Lipinski definition) is 3. The van der Waals surface area contributed by atoms with Crippen LogP contribution in [0.15, 0.2) is 24.4 Å². The Morgan fingerprint density at radius 1 is 1.17 bits per heavy atom. The third-order valence-electron chi connectivity index (χ3n) is 4.83. The van der Waals surface area contributed by atoms with Gasteiger partial charge in [-0.05, 0) is 37.3 Å². The molecule has 1 aromatic heterocycles. The topological polar surface area (TPSA) is 47.4 Å². The molecule has 0 saturated heterocycles. The average Bonchev–Trinajstić information content (AvgIpc) is 3.04. The van der Waals surface area contributed by atoms with Crippen LogP contribution < -0.4 is 9.64 Å². The minimum atomic E-state index is 0.0381. The maximum Gasteiger partial charge on any atom is 0.276 e. The molecule has 120 valence electrons. The monoisotopic (exact) mass is 311 g/mol. The van der Waals surface area contributed by atoms with Gasteiger partial charge in [0.1, 0.15) is 17.3 Å². The Hall–Kier alpha value is -2.30. The predicted octanol–water partition coefficient (Wildman–Crippen LogP) is 2.82. The van der Waals surface area contributed by atoms with Gasteiger partial charge in [-0.3, -0.25) is 4.79 Å². The molecule has 4 rings (SSSR count). The van der Waals surface area contributed by atoms with E-state index >= 15 is 0 Å². The fourth-order valence-electron chi connectivity index (χ4n) is 3.71. The van der Waals surface area contributed by atoms with E-state index in [0.717, 1.165) is 62.5 Å². The molecule has 1 aromatic carbocycles. The summed E-state index contributed by atoms with van der Waals surface area (Å²) in [5.74, 6) is 1.85. The van der Waals surface area contributed by atoms with Crippen molar-refractivity contribution in [2.45, 2.75) is 38.6 Å². The number of fused-ring (bicyclic) bond motifs is 2. The van der Waals surface area contributed by atoms with Crippen molar-refractivity contribution in [3.63, 3.8) is 0 Å². The first-order valence-electron chi connectivity index (χ1n) is 8.31. The maximum atomic E-state index is 13.2. The SMILES string of the molecule is COc1cccc2c1N(C(=O)c1cnc3n1CCCC3)CCC2. The number of aryl methyl sites for hydroxylation is 2. The van der Waals surface area contributed by atoms with Crippen molar-refractivity contribution in [3.8, 4) is 5.75 Å². The van der Waals surface area contributed by atoms with E-state index < -0.39 is 0 Å². The van der Waals surface area contributed by atoms with Crippen LogP contribution in [0.2, 0.25) is 0 Å². The Labute approximate surface area is 135 Å². The molecule has 1 amide bonds. The van der Waals surface area contributed by atoms with E-state index in [1.807, 2.05) is 17.0 Å². The Balaban J connectivity index is 1.75. The van der Waals surface area contributed by atoms with E-state index in [-0.39, 0.29) is 5.91 Å². The molecule has 0 spiro atoms. The summed E-state index contributed by atoms with van der Waals surface area (Å²) in [5.41, 5.74) is 2.82. The second kappa shape index (κ2) is 5.72. The van der Waals surface area contributed by atoms with Gasteiger partial charge in [0.25, 0.3) is 5.91 Å². The van der Waals surface area contributed by atoms with Gasteiger partial charge in [0.15, 0.2) is 0 Å². The maximum absolute atomic E-state index is 13.2.